The van der Waals surface area contributed by atoms with Crippen molar-refractivity contribution in [3.63, 3.8) is 0 Å². The van der Waals surface area contributed by atoms with Crippen molar-refractivity contribution in [3.05, 3.63) is 101 Å². The van der Waals surface area contributed by atoms with E-state index in [-0.39, 0.29) is 17.7 Å². The number of phenolic OH excluding ortho intramolecular Hbond substituents is 1. The second kappa shape index (κ2) is 8.50. The normalized spacial score (nSPS) is 14.9. The lowest BCUT2D eigenvalue weighted by Crippen LogP contribution is -2.49. The van der Waals surface area contributed by atoms with Gasteiger partial charge in [0.05, 0.1) is 11.6 Å². The van der Waals surface area contributed by atoms with Crippen LogP contribution in [0.4, 0.5) is 0 Å². The average Bonchev–Trinajstić information content (AvgIpc) is 2.76. The lowest BCUT2D eigenvalue weighted by molar-refractivity contribution is 0.0594. The van der Waals surface area contributed by atoms with Crippen molar-refractivity contribution < 1.29 is 9.90 Å². The molecule has 4 rings (SSSR count). The minimum absolute atomic E-state index is 0.0591. The predicted molar refractivity (Wildman–Crippen MR) is 115 cm³/mol. The van der Waals surface area contributed by atoms with Crippen LogP contribution in [0, 0.1) is 6.92 Å². The molecule has 0 aromatic heterocycles. The van der Waals surface area contributed by atoms with Gasteiger partial charge in [0.2, 0.25) is 0 Å². The van der Waals surface area contributed by atoms with Crippen molar-refractivity contribution in [2.45, 2.75) is 13.0 Å². The van der Waals surface area contributed by atoms with Gasteiger partial charge in [0, 0.05) is 26.2 Å². The van der Waals surface area contributed by atoms with Crippen LogP contribution in [0.5, 0.6) is 5.75 Å². The number of carbonyl (C=O) groups excluding carboxylic acids is 1. The Morgan fingerprint density at radius 1 is 0.828 bits per heavy atom. The second-order valence-electron chi connectivity index (χ2n) is 7.57. The van der Waals surface area contributed by atoms with Crippen LogP contribution in [-0.4, -0.2) is 47.0 Å². The molecule has 4 heteroatoms. The molecule has 1 N–H and O–H groups in total. The number of rotatable bonds is 4. The molecule has 1 aliphatic heterocycles. The van der Waals surface area contributed by atoms with E-state index in [1.165, 1.54) is 11.1 Å². The number of hydrogen-bond acceptors (Lipinski definition) is 3. The molecule has 0 bridgehead atoms. The average molecular weight is 386 g/mol. The minimum Gasteiger partial charge on any atom is -0.507 e. The number of amides is 1. The van der Waals surface area contributed by atoms with E-state index < -0.39 is 0 Å². The highest BCUT2D eigenvalue weighted by molar-refractivity contribution is 5.97. The van der Waals surface area contributed by atoms with Crippen LogP contribution in [0.2, 0.25) is 0 Å². The number of aromatic hydroxyl groups is 1. The number of phenols is 1. The molecule has 148 valence electrons. The first-order valence-corrected chi connectivity index (χ1v) is 10.1. The molecular formula is C25H26N2O2. The summed E-state index contributed by atoms with van der Waals surface area (Å²) < 4.78 is 0. The van der Waals surface area contributed by atoms with Gasteiger partial charge in [-0.3, -0.25) is 9.69 Å². The fourth-order valence-corrected chi connectivity index (χ4v) is 4.06. The van der Waals surface area contributed by atoms with Crippen LogP contribution < -0.4 is 0 Å². The lowest BCUT2D eigenvalue weighted by Gasteiger charge is -2.39. The van der Waals surface area contributed by atoms with E-state index in [0.29, 0.717) is 18.7 Å². The van der Waals surface area contributed by atoms with E-state index in [1.807, 2.05) is 30.0 Å². The summed E-state index contributed by atoms with van der Waals surface area (Å²) >= 11 is 0. The molecule has 1 saturated heterocycles. The van der Waals surface area contributed by atoms with Crippen LogP contribution in [0.1, 0.15) is 33.1 Å². The fourth-order valence-electron chi connectivity index (χ4n) is 4.06. The monoisotopic (exact) mass is 386 g/mol. The molecule has 0 unspecified atom stereocenters. The van der Waals surface area contributed by atoms with Gasteiger partial charge in [-0.1, -0.05) is 66.7 Å². The SMILES string of the molecule is Cc1ccc(C(=O)N2CCN(C(c3ccccc3)c3ccccc3)CC2)c(O)c1. The van der Waals surface area contributed by atoms with E-state index in [4.69, 9.17) is 0 Å². The van der Waals surface area contributed by atoms with Crippen LogP contribution in [0.15, 0.2) is 78.9 Å². The third-order valence-corrected chi connectivity index (χ3v) is 5.58. The maximum Gasteiger partial charge on any atom is 0.257 e. The summed E-state index contributed by atoms with van der Waals surface area (Å²) in [5.41, 5.74) is 3.84. The maximum absolute atomic E-state index is 12.9. The van der Waals surface area contributed by atoms with Gasteiger partial charge in [-0.15, -0.1) is 0 Å². The van der Waals surface area contributed by atoms with E-state index in [9.17, 15) is 9.90 Å². The summed E-state index contributed by atoms with van der Waals surface area (Å²) in [6, 6.07) is 26.4. The summed E-state index contributed by atoms with van der Waals surface area (Å²) in [7, 11) is 0. The Morgan fingerprint density at radius 3 is 1.90 bits per heavy atom. The maximum atomic E-state index is 12.9. The highest BCUT2D eigenvalue weighted by Gasteiger charge is 2.29. The van der Waals surface area contributed by atoms with Crippen molar-refractivity contribution in [2.75, 3.05) is 26.2 Å². The van der Waals surface area contributed by atoms with Gasteiger partial charge in [0.1, 0.15) is 5.75 Å². The van der Waals surface area contributed by atoms with E-state index in [2.05, 4.69) is 53.4 Å². The van der Waals surface area contributed by atoms with Crippen molar-refractivity contribution in [1.82, 2.24) is 9.80 Å². The summed E-state index contributed by atoms with van der Waals surface area (Å²) in [6.45, 7) is 4.75. The van der Waals surface area contributed by atoms with Gasteiger partial charge in [0.25, 0.3) is 5.91 Å². The number of aryl methyl sites for hydroxylation is 1. The van der Waals surface area contributed by atoms with Crippen LogP contribution >= 0.6 is 0 Å². The number of piperazine rings is 1. The third kappa shape index (κ3) is 4.17. The molecule has 0 spiro atoms. The highest BCUT2D eigenvalue weighted by atomic mass is 16.3. The Morgan fingerprint density at radius 2 is 1.38 bits per heavy atom. The molecular weight excluding hydrogens is 360 g/mol. The zero-order valence-electron chi connectivity index (χ0n) is 16.7. The van der Waals surface area contributed by atoms with E-state index in [1.54, 1.807) is 12.1 Å². The Kier molecular flexibility index (Phi) is 5.63. The predicted octanol–water partition coefficient (Wildman–Crippen LogP) is 4.25. The fraction of sp³-hybridized carbons (Fsp3) is 0.240. The summed E-state index contributed by atoms with van der Waals surface area (Å²) in [5.74, 6) is -0.0398. The Hall–Kier alpha value is -3.11. The van der Waals surface area contributed by atoms with Crippen LogP contribution in [-0.2, 0) is 0 Å². The largest absolute Gasteiger partial charge is 0.507 e. The number of carbonyl (C=O) groups is 1. The molecule has 0 saturated carbocycles. The lowest BCUT2D eigenvalue weighted by atomic mass is 9.96. The van der Waals surface area contributed by atoms with Crippen molar-refractivity contribution in [1.29, 1.82) is 0 Å². The Bertz CT molecular complexity index is 925. The van der Waals surface area contributed by atoms with Crippen molar-refractivity contribution in [3.8, 4) is 5.75 Å². The van der Waals surface area contributed by atoms with E-state index in [0.717, 1.165) is 18.7 Å². The van der Waals surface area contributed by atoms with Gasteiger partial charge in [-0.05, 0) is 35.7 Å². The third-order valence-electron chi connectivity index (χ3n) is 5.58. The molecule has 0 radical (unpaired) electrons. The molecule has 3 aromatic carbocycles. The number of nitrogens with zero attached hydrogens (tertiary/aromatic N) is 2. The summed E-state index contributed by atoms with van der Waals surface area (Å²) in [5, 5.41) is 10.2. The van der Waals surface area contributed by atoms with Gasteiger partial charge < -0.3 is 10.0 Å². The summed E-state index contributed by atoms with van der Waals surface area (Å²) in [6.07, 6.45) is 0. The molecule has 1 fully saturated rings. The molecule has 1 aliphatic rings. The second-order valence-corrected chi connectivity index (χ2v) is 7.57. The molecule has 29 heavy (non-hydrogen) atoms. The first kappa shape index (κ1) is 19.2. The van der Waals surface area contributed by atoms with Crippen molar-refractivity contribution in [2.24, 2.45) is 0 Å². The van der Waals surface area contributed by atoms with E-state index >= 15 is 0 Å². The highest BCUT2D eigenvalue weighted by Crippen LogP contribution is 2.30. The topological polar surface area (TPSA) is 43.8 Å². The van der Waals surface area contributed by atoms with Gasteiger partial charge in [-0.25, -0.2) is 0 Å². The standard InChI is InChI=1S/C25H26N2O2/c1-19-12-13-22(23(28)18-19)25(29)27-16-14-26(15-17-27)24(20-8-4-2-5-9-20)21-10-6-3-7-11-21/h2-13,18,24,28H,14-17H2,1H3. The Labute approximate surface area is 172 Å². The number of hydrogen-bond donors (Lipinski definition) is 1. The zero-order valence-corrected chi connectivity index (χ0v) is 16.7. The van der Waals surface area contributed by atoms with Gasteiger partial charge in [-0.2, -0.15) is 0 Å². The number of benzene rings is 3. The van der Waals surface area contributed by atoms with Gasteiger partial charge in [0.15, 0.2) is 0 Å². The molecule has 4 nitrogen and oxygen atoms in total. The first-order valence-electron chi connectivity index (χ1n) is 10.1. The van der Waals surface area contributed by atoms with Crippen LogP contribution in [0.25, 0.3) is 0 Å². The first-order chi connectivity index (χ1) is 14.1. The molecule has 1 amide bonds. The van der Waals surface area contributed by atoms with Crippen molar-refractivity contribution >= 4 is 5.91 Å². The molecule has 0 aliphatic carbocycles. The Balaban J connectivity index is 1.52. The zero-order chi connectivity index (χ0) is 20.2. The van der Waals surface area contributed by atoms with Crippen LogP contribution in [0.3, 0.4) is 0 Å². The molecule has 0 atom stereocenters. The molecule has 3 aromatic rings. The van der Waals surface area contributed by atoms with Gasteiger partial charge >= 0.3 is 0 Å². The smallest absolute Gasteiger partial charge is 0.257 e. The summed E-state index contributed by atoms with van der Waals surface area (Å²) in [4.78, 5) is 17.2. The quantitative estimate of drug-likeness (QED) is 0.729. The minimum atomic E-state index is -0.0990. The molecule has 1 heterocycles.